The van der Waals surface area contributed by atoms with Crippen LogP contribution in [0.5, 0.6) is 0 Å². The van der Waals surface area contributed by atoms with Crippen LogP contribution in [0, 0.1) is 0 Å². The highest BCUT2D eigenvalue weighted by molar-refractivity contribution is 8.12. The van der Waals surface area contributed by atoms with Gasteiger partial charge in [-0.25, -0.2) is 8.42 Å². The van der Waals surface area contributed by atoms with E-state index in [1.807, 2.05) is 79.7 Å². The van der Waals surface area contributed by atoms with Crippen molar-refractivity contribution in [2.24, 2.45) is 0 Å². The normalized spacial score (nSPS) is 14.9. The van der Waals surface area contributed by atoms with Gasteiger partial charge in [0.2, 0.25) is 5.69 Å². The minimum Gasteiger partial charge on any atom is -0.748 e. The van der Waals surface area contributed by atoms with Crippen LogP contribution >= 0.6 is 34.4 Å². The minimum absolute atomic E-state index is 0.0664. The van der Waals surface area contributed by atoms with E-state index in [9.17, 15) is 17.8 Å². The molecule has 0 saturated carbocycles. The zero-order valence-electron chi connectivity index (χ0n) is 29.9. The maximum Gasteiger partial charge on any atom is 0.269 e. The van der Waals surface area contributed by atoms with Crippen molar-refractivity contribution < 1.29 is 17.5 Å². The summed E-state index contributed by atoms with van der Waals surface area (Å²) < 4.78 is 40.3. The summed E-state index contributed by atoms with van der Waals surface area (Å²) in [5, 5.41) is 1.90. The van der Waals surface area contributed by atoms with Crippen molar-refractivity contribution in [1.29, 1.82) is 0 Å². The molecule has 11 heteroatoms. The lowest BCUT2D eigenvalue weighted by molar-refractivity contribution is -0.682. The fourth-order valence-corrected chi connectivity index (χ4v) is 10.7. The molecule has 0 N–H and O–H groups in total. The fraction of sp³-hybridized carbons (Fsp3) is 0.163. The second-order valence-electron chi connectivity index (χ2n) is 12.5. The number of thiazole rings is 2. The molecule has 1 aliphatic heterocycles. The van der Waals surface area contributed by atoms with E-state index in [-0.39, 0.29) is 12.0 Å². The molecule has 6 aromatic rings. The highest BCUT2D eigenvalue weighted by atomic mass is 32.2. The summed E-state index contributed by atoms with van der Waals surface area (Å²) in [7, 11) is -4.39. The van der Waals surface area contributed by atoms with Crippen molar-refractivity contribution >= 4 is 67.3 Å². The molecule has 0 aliphatic carbocycles. The van der Waals surface area contributed by atoms with Crippen LogP contribution < -0.4 is 19.3 Å². The number of allylic oxidation sites excluding steroid dienone is 1. The molecule has 0 radical (unpaired) electrons. The van der Waals surface area contributed by atoms with E-state index in [2.05, 4.69) is 83.1 Å². The molecular formula is C43H39N3O4S4. The van der Waals surface area contributed by atoms with Crippen LogP contribution in [-0.4, -0.2) is 34.7 Å². The summed E-state index contributed by atoms with van der Waals surface area (Å²) in [6.45, 7) is 5.67. The zero-order valence-corrected chi connectivity index (χ0v) is 33.2. The molecule has 2 aromatic heterocycles. The molecule has 0 atom stereocenters. The Morgan fingerprint density at radius 2 is 1.30 bits per heavy atom. The first-order valence-corrected chi connectivity index (χ1v) is 21.8. The first kappa shape index (κ1) is 37.5. The first-order chi connectivity index (χ1) is 26.3. The van der Waals surface area contributed by atoms with Gasteiger partial charge in [0, 0.05) is 35.7 Å². The third-order valence-corrected chi connectivity index (χ3v) is 13.3. The third kappa shape index (κ3) is 8.15. The molecule has 7 nitrogen and oxygen atoms in total. The smallest absolute Gasteiger partial charge is 0.269 e. The van der Waals surface area contributed by atoms with E-state index in [1.165, 1.54) is 16.2 Å². The van der Waals surface area contributed by atoms with E-state index >= 15 is 0 Å². The molecule has 0 fully saturated rings. The zero-order chi connectivity index (χ0) is 37.7. The molecule has 0 amide bonds. The van der Waals surface area contributed by atoms with Crippen LogP contribution in [0.1, 0.15) is 36.4 Å². The number of aromatic nitrogens is 2. The van der Waals surface area contributed by atoms with E-state index < -0.39 is 15.9 Å². The number of rotatable bonds is 12. The predicted molar refractivity (Wildman–Crippen MR) is 224 cm³/mol. The molecule has 54 heavy (non-hydrogen) atoms. The Balaban J connectivity index is 1.36. The topological polar surface area (TPSA) is 86.3 Å². The molecule has 0 spiro atoms. The molecule has 7 rings (SSSR count). The summed E-state index contributed by atoms with van der Waals surface area (Å²) in [6.07, 6.45) is 6.18. The number of thioether (sulfide) groups is 1. The van der Waals surface area contributed by atoms with E-state index in [0.29, 0.717) is 17.6 Å². The SMILES string of the molecule is CCN1C(=CC=c2s/c(=C\c3sc(-c4ccccc4)c(-c4ccccc4)[n+]3CCCS(=O)(=O)[O-])n(CC)c2=O)SC(c2ccccc2)=C1c1ccccc1. The van der Waals surface area contributed by atoms with Crippen molar-refractivity contribution in [2.75, 3.05) is 12.3 Å². The first-order valence-electron chi connectivity index (χ1n) is 17.8. The van der Waals surface area contributed by atoms with Gasteiger partial charge in [-0.05, 0) is 54.8 Å². The molecular weight excluding hydrogens is 751 g/mol. The van der Waals surface area contributed by atoms with Crippen LogP contribution in [0.3, 0.4) is 0 Å². The largest absolute Gasteiger partial charge is 0.748 e. The molecule has 3 heterocycles. The van der Waals surface area contributed by atoms with Gasteiger partial charge in [-0.2, -0.15) is 4.57 Å². The Bertz CT molecular complexity index is 2610. The van der Waals surface area contributed by atoms with Crippen LogP contribution in [0.4, 0.5) is 0 Å². The Morgan fingerprint density at radius 1 is 0.722 bits per heavy atom. The third-order valence-electron chi connectivity index (χ3n) is 9.05. The van der Waals surface area contributed by atoms with Crippen molar-refractivity contribution in [3.05, 3.63) is 168 Å². The lowest BCUT2D eigenvalue weighted by Crippen LogP contribution is -2.38. The average Bonchev–Trinajstić information content (AvgIpc) is 3.85. The van der Waals surface area contributed by atoms with Crippen molar-refractivity contribution in [1.82, 2.24) is 9.47 Å². The Kier molecular flexibility index (Phi) is 11.6. The number of benzene rings is 4. The van der Waals surface area contributed by atoms with Gasteiger partial charge in [-0.15, -0.1) is 11.3 Å². The fourth-order valence-electron chi connectivity index (χ4n) is 6.59. The van der Waals surface area contributed by atoms with Crippen molar-refractivity contribution in [2.45, 2.75) is 33.4 Å². The second-order valence-corrected chi connectivity index (χ2v) is 17.2. The minimum atomic E-state index is -4.39. The highest BCUT2D eigenvalue weighted by Crippen LogP contribution is 2.50. The van der Waals surface area contributed by atoms with E-state index in [1.54, 1.807) is 27.7 Å². The Hall–Kier alpha value is -4.78. The van der Waals surface area contributed by atoms with Crippen LogP contribution in [-0.2, 0) is 23.2 Å². The predicted octanol–water partition coefficient (Wildman–Crippen LogP) is 7.59. The Morgan fingerprint density at radius 3 is 1.87 bits per heavy atom. The second kappa shape index (κ2) is 16.7. The maximum atomic E-state index is 14.0. The van der Waals surface area contributed by atoms with Gasteiger partial charge in [-0.3, -0.25) is 9.36 Å². The highest BCUT2D eigenvalue weighted by Gasteiger charge is 2.30. The summed E-state index contributed by atoms with van der Waals surface area (Å²) in [5.41, 5.74) is 6.31. The van der Waals surface area contributed by atoms with E-state index in [4.69, 9.17) is 0 Å². The molecule has 0 bridgehead atoms. The Labute approximate surface area is 328 Å². The quantitative estimate of drug-likeness (QED) is 0.0939. The van der Waals surface area contributed by atoms with Gasteiger partial charge < -0.3 is 9.45 Å². The van der Waals surface area contributed by atoms with Gasteiger partial charge >= 0.3 is 0 Å². The van der Waals surface area contributed by atoms with Gasteiger partial charge in [0.15, 0.2) is 6.54 Å². The molecule has 1 aliphatic rings. The van der Waals surface area contributed by atoms with Crippen molar-refractivity contribution in [3.63, 3.8) is 0 Å². The summed E-state index contributed by atoms with van der Waals surface area (Å²) in [6, 6.07) is 40.9. The van der Waals surface area contributed by atoms with Gasteiger partial charge in [-0.1, -0.05) is 132 Å². The number of hydrogen-bond acceptors (Lipinski definition) is 8. The lowest BCUT2D eigenvalue weighted by Gasteiger charge is -2.21. The summed E-state index contributed by atoms with van der Waals surface area (Å²) in [4.78, 5) is 18.5. The van der Waals surface area contributed by atoms with Crippen molar-refractivity contribution in [3.8, 4) is 21.7 Å². The monoisotopic (exact) mass is 789 g/mol. The molecule has 4 aromatic carbocycles. The summed E-state index contributed by atoms with van der Waals surface area (Å²) >= 11 is 4.74. The van der Waals surface area contributed by atoms with Crippen LogP contribution in [0.15, 0.2) is 137 Å². The van der Waals surface area contributed by atoms with Gasteiger partial charge in [0.1, 0.15) is 9.54 Å². The number of nitrogens with zero attached hydrogens (tertiary/aromatic N) is 3. The van der Waals surface area contributed by atoms with Crippen LogP contribution in [0.25, 0.3) is 44.5 Å². The van der Waals surface area contributed by atoms with Crippen LogP contribution in [0.2, 0.25) is 0 Å². The lowest BCUT2D eigenvalue weighted by atomic mass is 10.1. The molecule has 274 valence electrons. The summed E-state index contributed by atoms with van der Waals surface area (Å²) in [5.74, 6) is -0.462. The van der Waals surface area contributed by atoms with E-state index in [0.717, 1.165) is 59.8 Å². The van der Waals surface area contributed by atoms with Gasteiger partial charge in [0.25, 0.3) is 10.6 Å². The average molecular weight is 790 g/mol. The molecule has 0 unspecified atom stereocenters. The maximum absolute atomic E-state index is 14.0. The molecule has 0 saturated heterocycles. The standard InChI is InChI=1S/C43H39N3O4S4/c1-3-44-36(52-41(33-22-13-7-14-23-33)39(44)31-18-9-5-10-19-31)27-26-35-43(47)45(4-2)37(51-35)30-38-46(28-17-29-54(48,49)50)40(32-20-11-6-12-21-32)42(53-38)34-24-15-8-16-25-34/h5-16,18-27,30H,3-4,17,28-29H2,1-2H3. The number of hydrogen-bond donors (Lipinski definition) is 0. The van der Waals surface area contributed by atoms with Gasteiger partial charge in [0.05, 0.1) is 31.5 Å².